The number of hydrogen-bond acceptors (Lipinski definition) is 5. The van der Waals surface area contributed by atoms with Crippen LogP contribution in [0.5, 0.6) is 6.01 Å². The van der Waals surface area contributed by atoms with Gasteiger partial charge in [-0.15, -0.1) is 5.10 Å². The number of nitrogens with zero attached hydrogens (tertiary/aromatic N) is 4. The van der Waals surface area contributed by atoms with Gasteiger partial charge in [-0.2, -0.15) is 4.98 Å². The third kappa shape index (κ3) is 3.53. The Morgan fingerprint density at radius 3 is 2.89 bits per heavy atom. The number of aryl methyl sites for hydroxylation is 1. The Bertz CT molecular complexity index is 497. The summed E-state index contributed by atoms with van der Waals surface area (Å²) in [6.07, 6.45) is 1.60. The zero-order valence-electron chi connectivity index (χ0n) is 10.6. The van der Waals surface area contributed by atoms with Crippen molar-refractivity contribution in [2.75, 3.05) is 6.54 Å². The molecule has 2 aromatic heterocycles. The van der Waals surface area contributed by atoms with Crippen LogP contribution in [0.4, 0.5) is 0 Å². The molecule has 2 heterocycles. The fourth-order valence-corrected chi connectivity index (χ4v) is 1.49. The molecule has 0 aromatic carbocycles. The van der Waals surface area contributed by atoms with Gasteiger partial charge in [-0.1, -0.05) is 13.0 Å². The van der Waals surface area contributed by atoms with E-state index in [1.165, 1.54) is 0 Å². The summed E-state index contributed by atoms with van der Waals surface area (Å²) >= 11 is 0. The van der Waals surface area contributed by atoms with Gasteiger partial charge in [0, 0.05) is 13.6 Å². The Balaban J connectivity index is 1.92. The molecule has 0 bridgehead atoms. The van der Waals surface area contributed by atoms with Crippen LogP contribution in [0.1, 0.15) is 18.3 Å². The second-order valence-electron chi connectivity index (χ2n) is 3.89. The number of nitrogens with one attached hydrogen (secondary N) is 1. The van der Waals surface area contributed by atoms with Gasteiger partial charge in [-0.05, 0) is 18.7 Å². The van der Waals surface area contributed by atoms with E-state index in [1.807, 2.05) is 18.2 Å². The molecule has 0 fully saturated rings. The quantitative estimate of drug-likeness (QED) is 0.821. The highest BCUT2D eigenvalue weighted by Crippen LogP contribution is 2.05. The number of hydrogen-bond donors (Lipinski definition) is 1. The van der Waals surface area contributed by atoms with E-state index in [-0.39, 0.29) is 0 Å². The van der Waals surface area contributed by atoms with Gasteiger partial charge < -0.3 is 10.1 Å². The minimum absolute atomic E-state index is 0.372. The molecule has 0 aliphatic rings. The molecule has 96 valence electrons. The van der Waals surface area contributed by atoms with Crippen LogP contribution in [-0.4, -0.2) is 26.3 Å². The summed E-state index contributed by atoms with van der Waals surface area (Å²) < 4.78 is 7.05. The number of pyridine rings is 1. The van der Waals surface area contributed by atoms with Gasteiger partial charge in [0.1, 0.15) is 12.9 Å². The molecule has 2 rings (SSSR count). The Morgan fingerprint density at radius 1 is 1.33 bits per heavy atom. The summed E-state index contributed by atoms with van der Waals surface area (Å²) in [7, 11) is 1.80. The number of rotatable bonds is 6. The Labute approximate surface area is 106 Å². The van der Waals surface area contributed by atoms with Crippen LogP contribution >= 0.6 is 0 Å². The molecule has 0 aliphatic carbocycles. The summed E-state index contributed by atoms with van der Waals surface area (Å²) in [6.45, 7) is 4.15. The molecule has 0 unspecified atom stereocenters. The molecule has 0 saturated heterocycles. The van der Waals surface area contributed by atoms with Crippen molar-refractivity contribution in [2.24, 2.45) is 7.05 Å². The van der Waals surface area contributed by atoms with Crippen molar-refractivity contribution in [1.29, 1.82) is 0 Å². The highest BCUT2D eigenvalue weighted by molar-refractivity contribution is 5.11. The van der Waals surface area contributed by atoms with Crippen molar-refractivity contribution in [3.8, 4) is 6.01 Å². The first-order chi connectivity index (χ1) is 8.78. The van der Waals surface area contributed by atoms with Gasteiger partial charge in [0.25, 0.3) is 0 Å². The maximum Gasteiger partial charge on any atom is 0.335 e. The van der Waals surface area contributed by atoms with E-state index in [0.29, 0.717) is 12.6 Å². The Kier molecular flexibility index (Phi) is 4.25. The molecule has 0 radical (unpaired) electrons. The van der Waals surface area contributed by atoms with Crippen LogP contribution in [-0.2, 0) is 20.2 Å². The molecule has 0 amide bonds. The molecule has 0 atom stereocenters. The van der Waals surface area contributed by atoms with Crippen LogP contribution in [0.25, 0.3) is 0 Å². The first-order valence-corrected chi connectivity index (χ1v) is 5.92. The highest BCUT2D eigenvalue weighted by Gasteiger charge is 2.02. The van der Waals surface area contributed by atoms with Gasteiger partial charge in [0.2, 0.25) is 0 Å². The average molecular weight is 247 g/mol. The van der Waals surface area contributed by atoms with E-state index in [9.17, 15) is 0 Å². The maximum atomic E-state index is 5.45. The molecule has 18 heavy (non-hydrogen) atoms. The molecule has 0 saturated carbocycles. The van der Waals surface area contributed by atoms with Crippen molar-refractivity contribution in [3.63, 3.8) is 0 Å². The lowest BCUT2D eigenvalue weighted by Gasteiger charge is -2.05. The van der Waals surface area contributed by atoms with Gasteiger partial charge in [-0.25, -0.2) is 0 Å². The molecule has 6 heteroatoms. The van der Waals surface area contributed by atoms with E-state index in [0.717, 1.165) is 24.5 Å². The summed E-state index contributed by atoms with van der Waals surface area (Å²) in [5, 5.41) is 7.28. The Morgan fingerprint density at radius 2 is 2.17 bits per heavy atom. The molecule has 6 nitrogen and oxygen atoms in total. The fourth-order valence-electron chi connectivity index (χ4n) is 1.49. The van der Waals surface area contributed by atoms with E-state index >= 15 is 0 Å². The topological polar surface area (TPSA) is 64.9 Å². The highest BCUT2D eigenvalue weighted by atomic mass is 16.5. The van der Waals surface area contributed by atoms with Gasteiger partial charge in [0.05, 0.1) is 11.4 Å². The minimum Gasteiger partial charge on any atom is -0.456 e. The average Bonchev–Trinajstić information content (AvgIpc) is 2.80. The van der Waals surface area contributed by atoms with Crippen molar-refractivity contribution in [2.45, 2.75) is 20.1 Å². The monoisotopic (exact) mass is 247 g/mol. The van der Waals surface area contributed by atoms with E-state index in [4.69, 9.17) is 4.74 Å². The standard InChI is InChI=1S/C12H17N5O/c1-3-13-7-10-5-4-6-11(15-10)8-18-12-14-9-17(2)16-12/h4-6,9,13H,3,7-8H2,1-2H3. The van der Waals surface area contributed by atoms with Crippen LogP contribution in [0.3, 0.4) is 0 Å². The van der Waals surface area contributed by atoms with Crippen LogP contribution < -0.4 is 10.1 Å². The molecule has 0 aliphatic heterocycles. The molecule has 0 spiro atoms. The van der Waals surface area contributed by atoms with Crippen molar-refractivity contribution < 1.29 is 4.74 Å². The Hall–Kier alpha value is -1.95. The lowest BCUT2D eigenvalue weighted by molar-refractivity contribution is 0.275. The van der Waals surface area contributed by atoms with Crippen LogP contribution in [0, 0.1) is 0 Å². The normalized spacial score (nSPS) is 10.6. The fraction of sp³-hybridized carbons (Fsp3) is 0.417. The smallest absolute Gasteiger partial charge is 0.335 e. The van der Waals surface area contributed by atoms with E-state index in [2.05, 4.69) is 27.3 Å². The summed E-state index contributed by atoms with van der Waals surface area (Å²) in [5.41, 5.74) is 1.88. The van der Waals surface area contributed by atoms with Crippen molar-refractivity contribution in [1.82, 2.24) is 25.1 Å². The van der Waals surface area contributed by atoms with Crippen molar-refractivity contribution >= 4 is 0 Å². The second kappa shape index (κ2) is 6.11. The SMILES string of the molecule is CCNCc1cccc(COc2ncn(C)n2)n1. The molecular weight excluding hydrogens is 230 g/mol. The van der Waals surface area contributed by atoms with Crippen LogP contribution in [0.2, 0.25) is 0 Å². The summed E-state index contributed by atoms with van der Waals surface area (Å²) in [4.78, 5) is 8.47. The van der Waals surface area contributed by atoms with Gasteiger partial charge in [-0.3, -0.25) is 9.67 Å². The van der Waals surface area contributed by atoms with E-state index in [1.54, 1.807) is 18.1 Å². The predicted molar refractivity (Wildman–Crippen MR) is 67.0 cm³/mol. The summed E-state index contributed by atoms with van der Waals surface area (Å²) in [6, 6.07) is 6.27. The second-order valence-corrected chi connectivity index (χ2v) is 3.89. The first-order valence-electron chi connectivity index (χ1n) is 5.92. The predicted octanol–water partition coefficient (Wildman–Crippen LogP) is 0.899. The van der Waals surface area contributed by atoms with Gasteiger partial charge >= 0.3 is 6.01 Å². The van der Waals surface area contributed by atoms with Crippen LogP contribution in [0.15, 0.2) is 24.5 Å². The molecule has 1 N–H and O–H groups in total. The van der Waals surface area contributed by atoms with Crippen molar-refractivity contribution in [3.05, 3.63) is 35.9 Å². The molecular formula is C12H17N5O. The zero-order valence-corrected chi connectivity index (χ0v) is 10.6. The maximum absolute atomic E-state index is 5.45. The number of ether oxygens (including phenoxy) is 1. The zero-order chi connectivity index (χ0) is 12.8. The lowest BCUT2D eigenvalue weighted by atomic mass is 10.3. The van der Waals surface area contributed by atoms with Gasteiger partial charge in [0.15, 0.2) is 0 Å². The number of aromatic nitrogens is 4. The first kappa shape index (κ1) is 12.5. The van der Waals surface area contributed by atoms with E-state index < -0.39 is 0 Å². The largest absolute Gasteiger partial charge is 0.456 e. The lowest BCUT2D eigenvalue weighted by Crippen LogP contribution is -2.13. The molecule has 2 aromatic rings. The summed E-state index contributed by atoms with van der Waals surface area (Å²) in [5.74, 6) is 0. The third-order valence-corrected chi connectivity index (χ3v) is 2.35. The third-order valence-electron chi connectivity index (χ3n) is 2.35. The minimum atomic E-state index is 0.372.